The highest BCUT2D eigenvalue weighted by molar-refractivity contribution is 7.99. The van der Waals surface area contributed by atoms with Crippen LogP contribution in [0.1, 0.15) is 23.6 Å². The molecular formula is C13H18N2OS. The Balaban J connectivity index is 1.93. The van der Waals surface area contributed by atoms with E-state index in [0.717, 1.165) is 18.8 Å². The largest absolute Gasteiger partial charge is 0.493 e. The smallest absolute Gasteiger partial charge is 0.127 e. The Kier molecular flexibility index (Phi) is 3.27. The minimum absolute atomic E-state index is 0.234. The van der Waals surface area contributed by atoms with Gasteiger partial charge in [-0.25, -0.2) is 0 Å². The van der Waals surface area contributed by atoms with E-state index < -0.39 is 0 Å². The molecule has 92 valence electrons. The maximum Gasteiger partial charge on any atom is 0.127 e. The number of ether oxygens (including phenoxy) is 1. The molecule has 1 aromatic carbocycles. The highest BCUT2D eigenvalue weighted by Crippen LogP contribution is 2.40. The molecule has 2 atom stereocenters. The number of rotatable bonds is 3. The lowest BCUT2D eigenvalue weighted by Crippen LogP contribution is -2.33. The van der Waals surface area contributed by atoms with Crippen molar-refractivity contribution in [1.29, 1.82) is 0 Å². The van der Waals surface area contributed by atoms with E-state index in [-0.39, 0.29) is 6.04 Å². The van der Waals surface area contributed by atoms with Gasteiger partial charge in [0.25, 0.3) is 0 Å². The summed E-state index contributed by atoms with van der Waals surface area (Å²) in [7, 11) is 0. The summed E-state index contributed by atoms with van der Waals surface area (Å²) in [6.07, 6.45) is 2.27. The molecule has 3 rings (SSSR count). The average molecular weight is 250 g/mol. The van der Waals surface area contributed by atoms with Crippen molar-refractivity contribution in [3.63, 3.8) is 0 Å². The Morgan fingerprint density at radius 2 is 2.41 bits per heavy atom. The van der Waals surface area contributed by atoms with Crippen LogP contribution >= 0.6 is 11.8 Å². The monoisotopic (exact) mass is 250 g/mol. The Morgan fingerprint density at radius 3 is 3.18 bits per heavy atom. The van der Waals surface area contributed by atoms with Crippen LogP contribution in [-0.4, -0.2) is 18.1 Å². The lowest BCUT2D eigenvalue weighted by molar-refractivity contribution is 0.335. The number of thioether (sulfide) groups is 1. The molecule has 3 nitrogen and oxygen atoms in total. The van der Waals surface area contributed by atoms with Gasteiger partial charge < -0.3 is 4.74 Å². The molecule has 0 spiro atoms. The molecule has 17 heavy (non-hydrogen) atoms. The van der Waals surface area contributed by atoms with Gasteiger partial charge in [-0.2, -0.15) is 11.8 Å². The number of hydrazine groups is 1. The number of hydrogen-bond donors (Lipinski definition) is 2. The number of fused-ring (bicyclic) bond motifs is 1. The SMILES string of the molecule is NNC(c1cccc2c1OCC2)C1CCSC1. The second kappa shape index (κ2) is 4.88. The molecule has 1 fully saturated rings. The van der Waals surface area contributed by atoms with E-state index in [2.05, 4.69) is 23.6 Å². The van der Waals surface area contributed by atoms with E-state index in [0.29, 0.717) is 5.92 Å². The Morgan fingerprint density at radius 1 is 1.47 bits per heavy atom. The van der Waals surface area contributed by atoms with Gasteiger partial charge in [-0.1, -0.05) is 18.2 Å². The van der Waals surface area contributed by atoms with Crippen LogP contribution in [0.5, 0.6) is 5.75 Å². The van der Waals surface area contributed by atoms with E-state index in [1.807, 2.05) is 11.8 Å². The van der Waals surface area contributed by atoms with Crippen molar-refractivity contribution < 1.29 is 4.74 Å². The summed E-state index contributed by atoms with van der Waals surface area (Å²) >= 11 is 2.02. The number of nitrogens with two attached hydrogens (primary N) is 1. The van der Waals surface area contributed by atoms with E-state index in [1.54, 1.807) is 0 Å². The summed E-state index contributed by atoms with van der Waals surface area (Å²) in [6.45, 7) is 0.809. The Bertz CT molecular complexity index is 404. The van der Waals surface area contributed by atoms with E-state index >= 15 is 0 Å². The molecule has 2 unspecified atom stereocenters. The van der Waals surface area contributed by atoms with Crippen molar-refractivity contribution in [3.8, 4) is 5.75 Å². The van der Waals surface area contributed by atoms with Gasteiger partial charge in [0.1, 0.15) is 5.75 Å². The first-order chi connectivity index (χ1) is 8.40. The first-order valence-corrected chi connectivity index (χ1v) is 7.34. The molecular weight excluding hydrogens is 232 g/mol. The molecule has 0 amide bonds. The van der Waals surface area contributed by atoms with E-state index in [4.69, 9.17) is 10.6 Å². The normalized spacial score (nSPS) is 24.4. The standard InChI is InChI=1S/C13H18N2OS/c14-15-12(10-5-7-17-8-10)11-3-1-2-9-4-6-16-13(9)11/h1-3,10,12,15H,4-8,14H2. The van der Waals surface area contributed by atoms with Gasteiger partial charge in [0.2, 0.25) is 0 Å². The van der Waals surface area contributed by atoms with Crippen LogP contribution in [-0.2, 0) is 6.42 Å². The van der Waals surface area contributed by atoms with E-state index in [9.17, 15) is 0 Å². The number of benzene rings is 1. The van der Waals surface area contributed by atoms with Gasteiger partial charge in [0.05, 0.1) is 12.6 Å². The van der Waals surface area contributed by atoms with Gasteiger partial charge in [-0.05, 0) is 29.4 Å². The molecule has 2 heterocycles. The van der Waals surface area contributed by atoms with Crippen LogP contribution in [0, 0.1) is 5.92 Å². The second-order valence-corrected chi connectivity index (χ2v) is 5.85. The maximum atomic E-state index is 5.77. The minimum atomic E-state index is 0.234. The fraction of sp³-hybridized carbons (Fsp3) is 0.538. The zero-order valence-electron chi connectivity index (χ0n) is 9.82. The average Bonchev–Trinajstić information content (AvgIpc) is 3.00. The minimum Gasteiger partial charge on any atom is -0.493 e. The molecule has 1 saturated heterocycles. The molecule has 0 radical (unpaired) electrons. The van der Waals surface area contributed by atoms with Gasteiger partial charge >= 0.3 is 0 Å². The number of para-hydroxylation sites is 1. The Labute approximate surface area is 106 Å². The highest BCUT2D eigenvalue weighted by Gasteiger charge is 2.29. The first kappa shape index (κ1) is 11.4. The van der Waals surface area contributed by atoms with Gasteiger partial charge in [0.15, 0.2) is 0 Å². The number of hydrogen-bond acceptors (Lipinski definition) is 4. The zero-order valence-corrected chi connectivity index (χ0v) is 10.6. The molecule has 3 N–H and O–H groups in total. The zero-order chi connectivity index (χ0) is 11.7. The summed E-state index contributed by atoms with van der Waals surface area (Å²) in [4.78, 5) is 0. The lowest BCUT2D eigenvalue weighted by atomic mass is 9.91. The first-order valence-electron chi connectivity index (χ1n) is 6.18. The van der Waals surface area contributed by atoms with Gasteiger partial charge in [0, 0.05) is 12.0 Å². The summed E-state index contributed by atoms with van der Waals surface area (Å²) in [6, 6.07) is 6.66. The predicted octanol–water partition coefficient (Wildman–Crippen LogP) is 1.88. The quantitative estimate of drug-likeness (QED) is 0.635. The molecule has 0 aromatic heterocycles. The molecule has 2 aliphatic heterocycles. The van der Waals surface area contributed by atoms with Crippen molar-refractivity contribution in [3.05, 3.63) is 29.3 Å². The number of nitrogens with one attached hydrogen (secondary N) is 1. The van der Waals surface area contributed by atoms with Crippen molar-refractivity contribution in [2.45, 2.75) is 18.9 Å². The van der Waals surface area contributed by atoms with Crippen molar-refractivity contribution in [2.24, 2.45) is 11.8 Å². The van der Waals surface area contributed by atoms with E-state index in [1.165, 1.54) is 29.1 Å². The molecule has 1 aromatic rings. The summed E-state index contributed by atoms with van der Waals surface area (Å²) in [5.41, 5.74) is 5.57. The third-order valence-corrected chi connectivity index (χ3v) is 4.88. The van der Waals surface area contributed by atoms with Crippen LogP contribution < -0.4 is 16.0 Å². The Hall–Kier alpha value is -0.710. The van der Waals surface area contributed by atoms with Crippen molar-refractivity contribution in [2.75, 3.05) is 18.1 Å². The molecule has 4 heteroatoms. The van der Waals surface area contributed by atoms with Crippen LogP contribution in [0.2, 0.25) is 0 Å². The third-order valence-electron chi connectivity index (χ3n) is 3.70. The summed E-state index contributed by atoms with van der Waals surface area (Å²) in [5.74, 6) is 9.91. The van der Waals surface area contributed by atoms with Crippen molar-refractivity contribution in [1.82, 2.24) is 5.43 Å². The van der Waals surface area contributed by atoms with Crippen molar-refractivity contribution >= 4 is 11.8 Å². The molecule has 0 aliphatic carbocycles. The van der Waals surface area contributed by atoms with Gasteiger partial charge in [-0.3, -0.25) is 11.3 Å². The fourth-order valence-corrected chi connectivity index (χ4v) is 4.08. The van der Waals surface area contributed by atoms with Crippen LogP contribution in [0.3, 0.4) is 0 Å². The molecule has 0 bridgehead atoms. The summed E-state index contributed by atoms with van der Waals surface area (Å²) in [5, 5.41) is 0. The predicted molar refractivity (Wildman–Crippen MR) is 71.1 cm³/mol. The fourth-order valence-electron chi connectivity index (χ4n) is 2.78. The van der Waals surface area contributed by atoms with Crippen LogP contribution in [0.4, 0.5) is 0 Å². The second-order valence-electron chi connectivity index (χ2n) is 4.70. The van der Waals surface area contributed by atoms with Gasteiger partial charge in [-0.15, -0.1) is 0 Å². The molecule has 2 aliphatic rings. The summed E-state index contributed by atoms with van der Waals surface area (Å²) < 4.78 is 5.77. The molecule has 0 saturated carbocycles. The maximum absolute atomic E-state index is 5.77. The lowest BCUT2D eigenvalue weighted by Gasteiger charge is -2.24. The highest BCUT2D eigenvalue weighted by atomic mass is 32.2. The van der Waals surface area contributed by atoms with Crippen LogP contribution in [0.15, 0.2) is 18.2 Å². The topological polar surface area (TPSA) is 47.3 Å². The van der Waals surface area contributed by atoms with Crippen LogP contribution in [0.25, 0.3) is 0 Å². The third kappa shape index (κ3) is 2.05.